The lowest BCUT2D eigenvalue weighted by Crippen LogP contribution is -2.41. The summed E-state index contributed by atoms with van der Waals surface area (Å²) in [5.41, 5.74) is 4.57. The van der Waals surface area contributed by atoms with E-state index >= 15 is 0 Å². The predicted octanol–water partition coefficient (Wildman–Crippen LogP) is 1.85. The second-order valence-corrected chi connectivity index (χ2v) is 4.49. The van der Waals surface area contributed by atoms with Crippen molar-refractivity contribution < 1.29 is 14.0 Å². The highest BCUT2D eigenvalue weighted by molar-refractivity contribution is 9.10. The van der Waals surface area contributed by atoms with Crippen LogP contribution in [0.3, 0.4) is 0 Å². The van der Waals surface area contributed by atoms with Crippen molar-refractivity contribution in [1.82, 2.24) is 10.9 Å². The van der Waals surface area contributed by atoms with Crippen LogP contribution in [0.5, 0.6) is 0 Å². The number of hydrogen-bond donors (Lipinski definition) is 2. The second-order valence-electron chi connectivity index (χ2n) is 3.70. The summed E-state index contributed by atoms with van der Waals surface area (Å²) < 4.78 is 5.48. The van der Waals surface area contributed by atoms with E-state index in [0.29, 0.717) is 11.1 Å². The first-order chi connectivity index (χ1) is 7.49. The van der Waals surface area contributed by atoms with E-state index in [9.17, 15) is 9.59 Å². The van der Waals surface area contributed by atoms with Gasteiger partial charge < -0.3 is 4.42 Å². The highest BCUT2D eigenvalue weighted by Gasteiger charge is 2.11. The molecule has 1 heterocycles. The fraction of sp³-hybridized carbons (Fsp3) is 0.400. The van der Waals surface area contributed by atoms with Crippen molar-refractivity contribution in [2.75, 3.05) is 0 Å². The van der Waals surface area contributed by atoms with Gasteiger partial charge in [0, 0.05) is 6.42 Å². The minimum Gasteiger partial charge on any atom is -0.444 e. The number of rotatable bonds is 3. The molecule has 0 unspecified atom stereocenters. The Morgan fingerprint density at radius 2 is 2.06 bits per heavy atom. The van der Waals surface area contributed by atoms with Gasteiger partial charge in [0.05, 0.1) is 0 Å². The third kappa shape index (κ3) is 4.06. The Kier molecular flexibility index (Phi) is 4.54. The van der Waals surface area contributed by atoms with Crippen LogP contribution in [-0.4, -0.2) is 11.8 Å². The molecule has 88 valence electrons. The zero-order valence-electron chi connectivity index (χ0n) is 9.04. The molecule has 6 heteroatoms. The fourth-order valence-corrected chi connectivity index (χ4v) is 1.35. The van der Waals surface area contributed by atoms with E-state index in [1.165, 1.54) is 6.07 Å². The SMILES string of the molecule is CC(C)CC(=O)NNC(=O)c1ccc(Br)o1. The van der Waals surface area contributed by atoms with Gasteiger partial charge in [0.25, 0.3) is 0 Å². The van der Waals surface area contributed by atoms with Crippen LogP contribution in [0.15, 0.2) is 21.2 Å². The summed E-state index contributed by atoms with van der Waals surface area (Å²) in [6.07, 6.45) is 0.363. The van der Waals surface area contributed by atoms with Crippen LogP contribution >= 0.6 is 15.9 Å². The van der Waals surface area contributed by atoms with E-state index in [-0.39, 0.29) is 17.6 Å². The van der Waals surface area contributed by atoms with Gasteiger partial charge in [0.2, 0.25) is 5.91 Å². The average Bonchev–Trinajstić information content (AvgIpc) is 2.60. The maximum atomic E-state index is 11.4. The second kappa shape index (κ2) is 5.69. The molecule has 1 aromatic rings. The molecule has 1 rings (SSSR count). The van der Waals surface area contributed by atoms with Crippen molar-refractivity contribution in [2.24, 2.45) is 5.92 Å². The first-order valence-electron chi connectivity index (χ1n) is 4.83. The molecule has 0 saturated heterocycles. The van der Waals surface area contributed by atoms with Gasteiger partial charge in [0.1, 0.15) is 0 Å². The summed E-state index contributed by atoms with van der Waals surface area (Å²) in [5, 5.41) is 0. The molecular weight excluding hydrogens is 276 g/mol. The van der Waals surface area contributed by atoms with Crippen LogP contribution in [0, 0.1) is 5.92 Å². The Hall–Kier alpha value is -1.30. The van der Waals surface area contributed by atoms with Gasteiger partial charge in [-0.25, -0.2) is 0 Å². The molecule has 0 bridgehead atoms. The summed E-state index contributed by atoms with van der Waals surface area (Å²) in [5.74, 6) is -0.330. The molecule has 1 aromatic heterocycles. The summed E-state index contributed by atoms with van der Waals surface area (Å²) >= 11 is 3.08. The highest BCUT2D eigenvalue weighted by atomic mass is 79.9. The smallest absolute Gasteiger partial charge is 0.305 e. The molecule has 0 saturated carbocycles. The third-order valence-corrected chi connectivity index (χ3v) is 2.13. The lowest BCUT2D eigenvalue weighted by molar-refractivity contribution is -0.122. The molecule has 0 spiro atoms. The quantitative estimate of drug-likeness (QED) is 0.834. The van der Waals surface area contributed by atoms with Gasteiger partial charge in [0.15, 0.2) is 10.4 Å². The molecule has 0 radical (unpaired) electrons. The monoisotopic (exact) mass is 288 g/mol. The minimum atomic E-state index is -0.484. The number of amides is 2. The van der Waals surface area contributed by atoms with Gasteiger partial charge in [-0.2, -0.15) is 0 Å². The van der Waals surface area contributed by atoms with Crippen molar-refractivity contribution >= 4 is 27.7 Å². The van der Waals surface area contributed by atoms with E-state index in [1.54, 1.807) is 6.07 Å². The number of carbonyl (C=O) groups excluding carboxylic acids is 2. The standard InChI is InChI=1S/C10H13BrN2O3/c1-6(2)5-9(14)12-13-10(15)7-3-4-8(11)16-7/h3-4,6H,5H2,1-2H3,(H,12,14)(H,13,15). The maximum Gasteiger partial charge on any atom is 0.305 e. The molecule has 0 aliphatic rings. The van der Waals surface area contributed by atoms with Crippen molar-refractivity contribution in [3.05, 3.63) is 22.6 Å². The summed E-state index contributed by atoms with van der Waals surface area (Å²) in [6, 6.07) is 3.11. The van der Waals surface area contributed by atoms with Gasteiger partial charge in [-0.05, 0) is 34.0 Å². The van der Waals surface area contributed by atoms with Crippen LogP contribution in [0.4, 0.5) is 0 Å². The number of hydrogen-bond acceptors (Lipinski definition) is 3. The van der Waals surface area contributed by atoms with Crippen LogP contribution in [0.2, 0.25) is 0 Å². The van der Waals surface area contributed by atoms with Crippen LogP contribution < -0.4 is 10.9 Å². The lowest BCUT2D eigenvalue weighted by atomic mass is 10.1. The van der Waals surface area contributed by atoms with E-state index < -0.39 is 5.91 Å². The maximum absolute atomic E-state index is 11.4. The molecule has 2 N–H and O–H groups in total. The summed E-state index contributed by atoms with van der Waals surface area (Å²) in [7, 11) is 0. The van der Waals surface area contributed by atoms with Gasteiger partial charge in [-0.1, -0.05) is 13.8 Å². The van der Waals surface area contributed by atoms with Gasteiger partial charge >= 0.3 is 5.91 Å². The topological polar surface area (TPSA) is 71.3 Å². The molecular formula is C10H13BrN2O3. The number of halogens is 1. The molecule has 2 amide bonds. The Balaban J connectivity index is 2.38. The molecule has 0 atom stereocenters. The lowest BCUT2D eigenvalue weighted by Gasteiger charge is -2.07. The van der Waals surface area contributed by atoms with Crippen LogP contribution in [0.1, 0.15) is 30.8 Å². The number of nitrogens with one attached hydrogen (secondary N) is 2. The highest BCUT2D eigenvalue weighted by Crippen LogP contribution is 2.13. The molecule has 5 nitrogen and oxygen atoms in total. The van der Waals surface area contributed by atoms with Crippen LogP contribution in [-0.2, 0) is 4.79 Å². The van der Waals surface area contributed by atoms with E-state index in [2.05, 4.69) is 26.8 Å². The van der Waals surface area contributed by atoms with E-state index in [4.69, 9.17) is 4.42 Å². The Labute approximate surface area is 102 Å². The number of furan rings is 1. The zero-order chi connectivity index (χ0) is 12.1. The first kappa shape index (κ1) is 12.8. The zero-order valence-corrected chi connectivity index (χ0v) is 10.6. The Morgan fingerprint density at radius 3 is 2.56 bits per heavy atom. The number of carbonyl (C=O) groups is 2. The Bertz CT molecular complexity index is 387. The molecule has 0 aliphatic heterocycles. The third-order valence-electron chi connectivity index (χ3n) is 1.71. The van der Waals surface area contributed by atoms with Crippen LogP contribution in [0.25, 0.3) is 0 Å². The van der Waals surface area contributed by atoms with Gasteiger partial charge in [-0.3, -0.25) is 20.4 Å². The molecule has 0 aromatic carbocycles. The number of hydrazine groups is 1. The average molecular weight is 289 g/mol. The van der Waals surface area contributed by atoms with Crippen molar-refractivity contribution in [2.45, 2.75) is 20.3 Å². The predicted molar refractivity (Wildman–Crippen MR) is 61.5 cm³/mol. The fourth-order valence-electron chi connectivity index (χ4n) is 1.05. The largest absolute Gasteiger partial charge is 0.444 e. The normalized spacial score (nSPS) is 10.2. The molecule has 0 fully saturated rings. The van der Waals surface area contributed by atoms with Crippen molar-refractivity contribution in [1.29, 1.82) is 0 Å². The Morgan fingerprint density at radius 1 is 1.38 bits per heavy atom. The van der Waals surface area contributed by atoms with Gasteiger partial charge in [-0.15, -0.1) is 0 Å². The first-order valence-corrected chi connectivity index (χ1v) is 5.63. The van der Waals surface area contributed by atoms with E-state index in [0.717, 1.165) is 0 Å². The van der Waals surface area contributed by atoms with Crippen molar-refractivity contribution in [3.8, 4) is 0 Å². The minimum absolute atomic E-state index is 0.136. The van der Waals surface area contributed by atoms with E-state index in [1.807, 2.05) is 13.8 Å². The van der Waals surface area contributed by atoms with Crippen molar-refractivity contribution in [3.63, 3.8) is 0 Å². The molecule has 0 aliphatic carbocycles. The summed E-state index contributed by atoms with van der Waals surface area (Å²) in [4.78, 5) is 22.6. The molecule has 16 heavy (non-hydrogen) atoms. The summed E-state index contributed by atoms with van der Waals surface area (Å²) in [6.45, 7) is 3.84.